The van der Waals surface area contributed by atoms with Gasteiger partial charge in [0, 0.05) is 12.1 Å². The molecular weight excluding hydrogens is 432 g/mol. The Bertz CT molecular complexity index is 988. The fourth-order valence-corrected chi connectivity index (χ4v) is 4.53. The van der Waals surface area contributed by atoms with Crippen molar-refractivity contribution in [3.63, 3.8) is 0 Å². The molecule has 8 heteroatoms. The molecule has 6 N–H and O–H groups in total. The maximum atomic E-state index is 12.3. The van der Waals surface area contributed by atoms with Gasteiger partial charge in [-0.05, 0) is 48.1 Å². The van der Waals surface area contributed by atoms with Crippen LogP contribution in [-0.2, 0) is 16.0 Å². The third-order valence-corrected chi connectivity index (χ3v) is 6.32. The first-order chi connectivity index (χ1) is 16.4. The van der Waals surface area contributed by atoms with Gasteiger partial charge in [-0.2, -0.15) is 0 Å². The summed E-state index contributed by atoms with van der Waals surface area (Å²) in [7, 11) is 0. The van der Waals surface area contributed by atoms with Crippen molar-refractivity contribution >= 4 is 28.6 Å². The predicted molar refractivity (Wildman–Crippen MR) is 132 cm³/mol. The summed E-state index contributed by atoms with van der Waals surface area (Å²) < 4.78 is 5.97. The first-order valence-corrected chi connectivity index (χ1v) is 12.2. The van der Waals surface area contributed by atoms with Crippen LogP contribution in [0.3, 0.4) is 0 Å². The number of benzene rings is 2. The second kappa shape index (κ2) is 12.9. The van der Waals surface area contributed by atoms with Crippen molar-refractivity contribution < 1.29 is 19.1 Å². The van der Waals surface area contributed by atoms with Crippen LogP contribution in [0.15, 0.2) is 36.4 Å². The molecular formula is C26H36N4O4. The molecule has 0 aliphatic heterocycles. The average molecular weight is 469 g/mol. The minimum absolute atomic E-state index is 0.0158. The Kier molecular flexibility index (Phi) is 9.70. The van der Waals surface area contributed by atoms with E-state index in [9.17, 15) is 14.4 Å². The van der Waals surface area contributed by atoms with Crippen LogP contribution < -0.4 is 26.8 Å². The van der Waals surface area contributed by atoms with Crippen LogP contribution in [0.2, 0.25) is 0 Å². The lowest BCUT2D eigenvalue weighted by molar-refractivity contribution is -0.123. The molecule has 0 spiro atoms. The van der Waals surface area contributed by atoms with E-state index >= 15 is 0 Å². The Morgan fingerprint density at radius 3 is 2.44 bits per heavy atom. The molecule has 4 amide bonds. The summed E-state index contributed by atoms with van der Waals surface area (Å²) in [5.41, 5.74) is 11.8. The molecule has 0 aromatic heterocycles. The summed E-state index contributed by atoms with van der Waals surface area (Å²) in [5.74, 6) is 0.602. The molecule has 2 aromatic carbocycles. The molecule has 34 heavy (non-hydrogen) atoms. The highest BCUT2D eigenvalue weighted by molar-refractivity contribution is 5.95. The largest absolute Gasteiger partial charge is 0.493 e. The molecule has 0 radical (unpaired) electrons. The summed E-state index contributed by atoms with van der Waals surface area (Å²) in [6.07, 6.45) is 8.38. The molecule has 1 saturated carbocycles. The molecule has 0 saturated heterocycles. The van der Waals surface area contributed by atoms with Gasteiger partial charge in [0.05, 0.1) is 19.1 Å². The number of unbranched alkanes of at least 4 members (excludes halogenated alkanes) is 1. The van der Waals surface area contributed by atoms with Crippen LogP contribution in [-0.4, -0.2) is 37.0 Å². The Morgan fingerprint density at radius 2 is 1.74 bits per heavy atom. The summed E-state index contributed by atoms with van der Waals surface area (Å²) in [6.45, 7) is 0.985. The van der Waals surface area contributed by atoms with Gasteiger partial charge in [0.1, 0.15) is 5.75 Å². The van der Waals surface area contributed by atoms with Crippen LogP contribution in [0.4, 0.5) is 4.79 Å². The number of rotatable bonds is 11. The lowest BCUT2D eigenvalue weighted by atomic mass is 9.85. The SMILES string of the molecule is NC(=O)NC(=O)Cc1cc2ccccc2cc1OCCCCNC(=O)[C@@H](N)CC1CCCCC1. The third kappa shape index (κ3) is 8.02. The van der Waals surface area contributed by atoms with Gasteiger partial charge in [0.2, 0.25) is 11.8 Å². The van der Waals surface area contributed by atoms with Crippen LogP contribution in [0.25, 0.3) is 10.8 Å². The van der Waals surface area contributed by atoms with E-state index in [0.29, 0.717) is 30.4 Å². The van der Waals surface area contributed by atoms with E-state index in [0.717, 1.165) is 30.0 Å². The van der Waals surface area contributed by atoms with Gasteiger partial charge < -0.3 is 21.5 Å². The van der Waals surface area contributed by atoms with E-state index in [-0.39, 0.29) is 12.3 Å². The standard InChI is InChI=1S/C26H36N4O4/c27-22(14-18-8-2-1-3-9-18)25(32)29-12-6-7-13-34-23-16-20-11-5-4-10-19(20)15-21(23)17-24(31)30-26(28)33/h4-5,10-11,15-16,18,22H,1-3,6-9,12-14,17,27H2,(H,29,32)(H3,28,30,31,33)/t22-/m0/s1. The number of carbonyl (C=O) groups is 3. The molecule has 1 aliphatic rings. The number of imide groups is 1. The smallest absolute Gasteiger partial charge is 0.318 e. The Balaban J connectivity index is 1.45. The van der Waals surface area contributed by atoms with Crippen LogP contribution in [0, 0.1) is 5.92 Å². The third-order valence-electron chi connectivity index (χ3n) is 6.32. The number of amides is 4. The van der Waals surface area contributed by atoms with Crippen LogP contribution in [0.1, 0.15) is 56.9 Å². The highest BCUT2D eigenvalue weighted by Gasteiger charge is 2.21. The molecule has 3 rings (SSSR count). The lowest BCUT2D eigenvalue weighted by Gasteiger charge is -2.24. The number of nitrogens with one attached hydrogen (secondary N) is 2. The van der Waals surface area contributed by atoms with E-state index < -0.39 is 18.0 Å². The zero-order valence-corrected chi connectivity index (χ0v) is 19.7. The van der Waals surface area contributed by atoms with E-state index in [1.165, 1.54) is 32.1 Å². The summed E-state index contributed by atoms with van der Waals surface area (Å²) >= 11 is 0. The van der Waals surface area contributed by atoms with Gasteiger partial charge >= 0.3 is 6.03 Å². The van der Waals surface area contributed by atoms with Crippen molar-refractivity contribution in [3.05, 3.63) is 42.0 Å². The molecule has 1 aliphatic carbocycles. The molecule has 0 bridgehead atoms. The topological polar surface area (TPSA) is 137 Å². The minimum atomic E-state index is -0.881. The number of carbonyl (C=O) groups excluding carboxylic acids is 3. The molecule has 8 nitrogen and oxygen atoms in total. The molecule has 184 valence electrons. The minimum Gasteiger partial charge on any atom is -0.493 e. The fraction of sp³-hybridized carbons (Fsp3) is 0.500. The Labute approximate surface area is 200 Å². The number of nitrogens with two attached hydrogens (primary N) is 2. The van der Waals surface area contributed by atoms with Gasteiger partial charge in [-0.1, -0.05) is 56.4 Å². The van der Waals surface area contributed by atoms with E-state index in [2.05, 4.69) is 10.6 Å². The average Bonchev–Trinajstić information content (AvgIpc) is 2.81. The molecule has 0 unspecified atom stereocenters. The van der Waals surface area contributed by atoms with E-state index in [1.54, 1.807) is 0 Å². The first-order valence-electron chi connectivity index (χ1n) is 12.2. The quantitative estimate of drug-likeness (QED) is 0.376. The highest BCUT2D eigenvalue weighted by atomic mass is 16.5. The molecule has 0 heterocycles. The van der Waals surface area contributed by atoms with E-state index in [1.807, 2.05) is 36.4 Å². The number of ether oxygens (including phenoxy) is 1. The number of hydrogen-bond acceptors (Lipinski definition) is 5. The van der Waals surface area contributed by atoms with Crippen molar-refractivity contribution in [2.75, 3.05) is 13.2 Å². The van der Waals surface area contributed by atoms with Gasteiger partial charge in [-0.25, -0.2) is 4.79 Å². The summed E-state index contributed by atoms with van der Waals surface area (Å²) in [5, 5.41) is 7.00. The number of hydrogen-bond donors (Lipinski definition) is 4. The second-order valence-electron chi connectivity index (χ2n) is 9.09. The lowest BCUT2D eigenvalue weighted by Crippen LogP contribution is -2.42. The highest BCUT2D eigenvalue weighted by Crippen LogP contribution is 2.28. The van der Waals surface area contributed by atoms with Crippen molar-refractivity contribution in [1.82, 2.24) is 10.6 Å². The van der Waals surface area contributed by atoms with Crippen molar-refractivity contribution in [1.29, 1.82) is 0 Å². The maximum Gasteiger partial charge on any atom is 0.318 e. The molecule has 2 aromatic rings. The second-order valence-corrected chi connectivity index (χ2v) is 9.09. The first kappa shape index (κ1) is 25.5. The van der Waals surface area contributed by atoms with Crippen molar-refractivity contribution in [2.24, 2.45) is 17.4 Å². The van der Waals surface area contributed by atoms with Gasteiger partial charge in [0.15, 0.2) is 0 Å². The van der Waals surface area contributed by atoms with Crippen LogP contribution >= 0.6 is 0 Å². The number of fused-ring (bicyclic) bond motifs is 1. The monoisotopic (exact) mass is 468 g/mol. The Hall–Kier alpha value is -3.13. The maximum absolute atomic E-state index is 12.3. The fourth-order valence-electron chi connectivity index (χ4n) is 4.53. The number of urea groups is 1. The van der Waals surface area contributed by atoms with Gasteiger partial charge in [-0.3, -0.25) is 14.9 Å². The zero-order valence-electron chi connectivity index (χ0n) is 19.7. The van der Waals surface area contributed by atoms with E-state index in [4.69, 9.17) is 16.2 Å². The van der Waals surface area contributed by atoms with Gasteiger partial charge in [-0.15, -0.1) is 0 Å². The number of primary amides is 1. The summed E-state index contributed by atoms with van der Waals surface area (Å²) in [4.78, 5) is 35.3. The summed E-state index contributed by atoms with van der Waals surface area (Å²) in [6, 6.07) is 10.3. The molecule has 1 fully saturated rings. The van der Waals surface area contributed by atoms with Crippen molar-refractivity contribution in [2.45, 2.75) is 63.8 Å². The Morgan fingerprint density at radius 1 is 1.03 bits per heavy atom. The normalized spacial score (nSPS) is 15.0. The van der Waals surface area contributed by atoms with Crippen LogP contribution in [0.5, 0.6) is 5.75 Å². The molecule has 1 atom stereocenters. The van der Waals surface area contributed by atoms with Gasteiger partial charge in [0.25, 0.3) is 0 Å². The zero-order chi connectivity index (χ0) is 24.3. The predicted octanol–water partition coefficient (Wildman–Crippen LogP) is 3.15. The van der Waals surface area contributed by atoms with Crippen molar-refractivity contribution in [3.8, 4) is 5.75 Å².